The van der Waals surface area contributed by atoms with Gasteiger partial charge in [-0.2, -0.15) is 0 Å². The molecule has 1 N–H and O–H groups in total. The number of carbonyl (C=O) groups is 2. The smallest absolute Gasteiger partial charge is 0.409 e. The number of nitrogens with zero attached hydrogens (tertiary/aromatic N) is 1. The van der Waals surface area contributed by atoms with Crippen molar-refractivity contribution >= 4 is 34.7 Å². The molecule has 1 fully saturated rings. The minimum atomic E-state index is -1.03. The Morgan fingerprint density at radius 3 is 2.33 bits per heavy atom. The van der Waals surface area contributed by atoms with Crippen molar-refractivity contribution in [2.45, 2.75) is 18.4 Å². The minimum Gasteiger partial charge on any atom is -0.488 e. The molecule has 1 saturated heterocycles. The Balaban J connectivity index is 1.23. The van der Waals surface area contributed by atoms with E-state index in [9.17, 15) is 14.7 Å². The van der Waals surface area contributed by atoms with Crippen LogP contribution in [0.4, 0.5) is 4.79 Å². The van der Waals surface area contributed by atoms with Crippen LogP contribution >= 0.6 is 22.6 Å². The predicted octanol–water partition coefficient (Wildman–Crippen LogP) is 5.39. The molecule has 2 aliphatic rings. The van der Waals surface area contributed by atoms with E-state index in [1.165, 1.54) is 28.3 Å². The number of halogens is 1. The van der Waals surface area contributed by atoms with Crippen molar-refractivity contribution in [1.82, 2.24) is 4.90 Å². The Kier molecular flexibility index (Phi) is 5.97. The molecule has 0 aromatic heterocycles. The van der Waals surface area contributed by atoms with Crippen LogP contribution in [0.5, 0.6) is 5.75 Å². The molecule has 6 nitrogen and oxygen atoms in total. The van der Waals surface area contributed by atoms with Crippen LogP contribution in [-0.4, -0.2) is 47.9 Å². The Morgan fingerprint density at radius 1 is 1.00 bits per heavy atom. The van der Waals surface area contributed by atoms with E-state index in [1.807, 2.05) is 24.3 Å². The van der Waals surface area contributed by atoms with E-state index in [0.717, 1.165) is 3.57 Å². The van der Waals surface area contributed by atoms with Gasteiger partial charge in [-0.15, -0.1) is 0 Å². The highest BCUT2D eigenvalue weighted by Gasteiger charge is 2.32. The third-order valence-corrected chi connectivity index (χ3v) is 6.88. The first-order valence-corrected chi connectivity index (χ1v) is 11.9. The molecule has 0 unspecified atom stereocenters. The Labute approximate surface area is 205 Å². The Hall–Kier alpha value is -3.07. The molecule has 3 aromatic rings. The second kappa shape index (κ2) is 9.05. The molecule has 168 valence electrons. The quantitative estimate of drug-likeness (QED) is 0.428. The SMILES string of the molecule is O=C(O)c1ccc(I)cc1O[C@@H]1CCN(C(=O)OCC2c3ccccc3-c3ccccc32)C1. The maximum atomic E-state index is 12.8. The third-order valence-electron chi connectivity index (χ3n) is 6.21. The number of fused-ring (bicyclic) bond motifs is 3. The third kappa shape index (κ3) is 4.29. The van der Waals surface area contributed by atoms with E-state index >= 15 is 0 Å². The van der Waals surface area contributed by atoms with Crippen LogP contribution in [0.1, 0.15) is 33.8 Å². The number of rotatable bonds is 5. The molecular weight excluding hydrogens is 533 g/mol. The summed E-state index contributed by atoms with van der Waals surface area (Å²) in [6.07, 6.45) is -0.0276. The van der Waals surface area contributed by atoms with Crippen LogP contribution < -0.4 is 4.74 Å². The molecule has 33 heavy (non-hydrogen) atoms. The highest BCUT2D eigenvalue weighted by atomic mass is 127. The zero-order valence-corrected chi connectivity index (χ0v) is 19.9. The van der Waals surface area contributed by atoms with Crippen molar-refractivity contribution in [2.75, 3.05) is 19.7 Å². The number of hydrogen-bond acceptors (Lipinski definition) is 4. The summed E-state index contributed by atoms with van der Waals surface area (Å²) in [5.41, 5.74) is 4.85. The van der Waals surface area contributed by atoms with Crippen LogP contribution in [0.2, 0.25) is 0 Å². The fourth-order valence-corrected chi connectivity index (χ4v) is 5.09. The second-order valence-electron chi connectivity index (χ2n) is 8.22. The van der Waals surface area contributed by atoms with E-state index in [2.05, 4.69) is 46.9 Å². The molecule has 1 aliphatic carbocycles. The number of hydrogen-bond donors (Lipinski definition) is 1. The largest absolute Gasteiger partial charge is 0.488 e. The second-order valence-corrected chi connectivity index (χ2v) is 9.47. The molecule has 0 spiro atoms. The lowest BCUT2D eigenvalue weighted by Gasteiger charge is -2.20. The molecule has 7 heteroatoms. The van der Waals surface area contributed by atoms with E-state index in [0.29, 0.717) is 25.3 Å². The summed E-state index contributed by atoms with van der Waals surface area (Å²) in [4.78, 5) is 25.9. The molecule has 3 aromatic carbocycles. The summed E-state index contributed by atoms with van der Waals surface area (Å²) < 4.78 is 12.6. The van der Waals surface area contributed by atoms with Crippen LogP contribution in [0.25, 0.3) is 11.1 Å². The van der Waals surface area contributed by atoms with Crippen LogP contribution in [0, 0.1) is 3.57 Å². The number of aromatic carboxylic acids is 1. The first-order chi connectivity index (χ1) is 16.0. The van der Waals surface area contributed by atoms with Crippen LogP contribution in [-0.2, 0) is 4.74 Å². The summed E-state index contributed by atoms with van der Waals surface area (Å²) in [5.74, 6) is -0.693. The maximum Gasteiger partial charge on any atom is 0.409 e. The van der Waals surface area contributed by atoms with Crippen molar-refractivity contribution in [3.63, 3.8) is 0 Å². The molecule has 5 rings (SSSR count). The van der Waals surface area contributed by atoms with Crippen LogP contribution in [0.15, 0.2) is 66.7 Å². The van der Waals surface area contributed by atoms with Crippen LogP contribution in [0.3, 0.4) is 0 Å². The van der Waals surface area contributed by atoms with Gasteiger partial charge in [-0.1, -0.05) is 48.5 Å². The van der Waals surface area contributed by atoms with Gasteiger partial charge in [-0.05, 0) is 63.0 Å². The zero-order valence-electron chi connectivity index (χ0n) is 17.7. The highest BCUT2D eigenvalue weighted by molar-refractivity contribution is 14.1. The molecule has 1 amide bonds. The lowest BCUT2D eigenvalue weighted by molar-refractivity contribution is 0.0687. The fourth-order valence-electron chi connectivity index (χ4n) is 4.63. The number of ether oxygens (including phenoxy) is 2. The monoisotopic (exact) mass is 555 g/mol. The van der Waals surface area contributed by atoms with Gasteiger partial charge < -0.3 is 19.5 Å². The van der Waals surface area contributed by atoms with Crippen molar-refractivity contribution in [3.05, 3.63) is 87.0 Å². The number of amides is 1. The summed E-state index contributed by atoms with van der Waals surface area (Å²) in [5, 5.41) is 9.42. The van der Waals surface area contributed by atoms with E-state index in [4.69, 9.17) is 9.47 Å². The van der Waals surface area contributed by atoms with Gasteiger partial charge >= 0.3 is 12.1 Å². The fraction of sp³-hybridized carbons (Fsp3) is 0.231. The Bertz CT molecular complexity index is 1180. The summed E-state index contributed by atoms with van der Waals surface area (Å²) >= 11 is 2.12. The zero-order chi connectivity index (χ0) is 22.9. The van der Waals surface area contributed by atoms with Gasteiger partial charge in [0, 0.05) is 22.5 Å². The number of likely N-dealkylation sites (tertiary alicyclic amines) is 1. The van der Waals surface area contributed by atoms with Crippen molar-refractivity contribution in [2.24, 2.45) is 0 Å². The van der Waals surface area contributed by atoms with E-state index < -0.39 is 5.97 Å². The van der Waals surface area contributed by atoms with Gasteiger partial charge in [0.05, 0.1) is 6.54 Å². The molecular formula is C26H22INO5. The highest BCUT2D eigenvalue weighted by Crippen LogP contribution is 2.44. The number of benzene rings is 3. The standard InChI is InChI=1S/C26H22INO5/c27-16-9-10-22(25(29)30)24(13-16)33-17-11-12-28(14-17)26(31)32-15-23-20-7-3-1-5-18(20)19-6-2-4-8-21(19)23/h1-10,13,17,23H,11-12,14-15H2,(H,29,30)/t17-/m1/s1. The lowest BCUT2D eigenvalue weighted by atomic mass is 9.98. The van der Waals surface area contributed by atoms with Crippen molar-refractivity contribution < 1.29 is 24.2 Å². The summed E-state index contributed by atoms with van der Waals surface area (Å²) in [6, 6.07) is 21.4. The summed E-state index contributed by atoms with van der Waals surface area (Å²) in [6.45, 7) is 1.14. The molecule has 0 radical (unpaired) electrons. The first kappa shape index (κ1) is 21.8. The normalized spacial score (nSPS) is 16.9. The minimum absolute atomic E-state index is 0.0144. The molecule has 1 heterocycles. The van der Waals surface area contributed by atoms with Gasteiger partial charge in [0.2, 0.25) is 0 Å². The predicted molar refractivity (Wildman–Crippen MR) is 132 cm³/mol. The number of carbonyl (C=O) groups excluding carboxylic acids is 1. The van der Waals surface area contributed by atoms with Crippen molar-refractivity contribution in [1.29, 1.82) is 0 Å². The molecule has 1 atom stereocenters. The number of carboxylic acid groups (broad SMARTS) is 1. The van der Waals surface area contributed by atoms with Gasteiger partial charge in [0.25, 0.3) is 0 Å². The van der Waals surface area contributed by atoms with Gasteiger partial charge in [-0.3, -0.25) is 0 Å². The molecule has 0 saturated carbocycles. The first-order valence-electron chi connectivity index (χ1n) is 10.8. The van der Waals surface area contributed by atoms with Gasteiger partial charge in [-0.25, -0.2) is 9.59 Å². The van der Waals surface area contributed by atoms with Gasteiger partial charge in [0.1, 0.15) is 24.0 Å². The average molecular weight is 555 g/mol. The molecule has 1 aliphatic heterocycles. The van der Waals surface area contributed by atoms with E-state index in [1.54, 1.807) is 17.0 Å². The average Bonchev–Trinajstić information content (AvgIpc) is 3.40. The topological polar surface area (TPSA) is 76.1 Å². The van der Waals surface area contributed by atoms with E-state index in [-0.39, 0.29) is 30.3 Å². The number of carboxylic acids is 1. The van der Waals surface area contributed by atoms with Gasteiger partial charge in [0.15, 0.2) is 0 Å². The Morgan fingerprint density at radius 2 is 1.67 bits per heavy atom. The molecule has 0 bridgehead atoms. The lowest BCUT2D eigenvalue weighted by Crippen LogP contribution is -2.32. The maximum absolute atomic E-state index is 12.8. The summed E-state index contributed by atoms with van der Waals surface area (Å²) in [7, 11) is 0. The van der Waals surface area contributed by atoms with Crippen molar-refractivity contribution in [3.8, 4) is 16.9 Å².